The predicted octanol–water partition coefficient (Wildman–Crippen LogP) is 3.76. The largest absolute Gasteiger partial charge is 0.356 e. The van der Waals surface area contributed by atoms with Crippen LogP contribution in [0.4, 0.5) is 5.82 Å². The number of hydrogen-bond donors (Lipinski definition) is 0. The van der Waals surface area contributed by atoms with Crippen molar-refractivity contribution in [2.75, 3.05) is 23.3 Å². The van der Waals surface area contributed by atoms with Gasteiger partial charge in [0, 0.05) is 29.1 Å². The Hall–Kier alpha value is -0.0900. The number of hydrogen-bond acceptors (Lipinski definition) is 2. The van der Waals surface area contributed by atoms with Gasteiger partial charge < -0.3 is 4.90 Å². The summed E-state index contributed by atoms with van der Waals surface area (Å²) in [6.07, 6.45) is 4.45. The second kappa shape index (κ2) is 5.50. The van der Waals surface area contributed by atoms with Crippen LogP contribution in [0.2, 0.25) is 0 Å². The molecule has 1 aromatic rings. The molecule has 0 aromatic carbocycles. The number of halogens is 2. The van der Waals surface area contributed by atoms with Gasteiger partial charge in [0.2, 0.25) is 0 Å². The molecule has 0 radical (unpaired) electrons. The van der Waals surface area contributed by atoms with E-state index in [1.54, 1.807) is 0 Å². The van der Waals surface area contributed by atoms with Crippen molar-refractivity contribution in [2.45, 2.75) is 19.8 Å². The van der Waals surface area contributed by atoms with E-state index >= 15 is 0 Å². The van der Waals surface area contributed by atoms with Crippen molar-refractivity contribution in [2.24, 2.45) is 5.92 Å². The van der Waals surface area contributed by atoms with E-state index in [4.69, 9.17) is 0 Å². The first-order chi connectivity index (χ1) is 7.70. The van der Waals surface area contributed by atoms with Crippen molar-refractivity contribution in [1.29, 1.82) is 0 Å². The smallest absolute Gasteiger partial charge is 0.131 e. The molecule has 2 rings (SSSR count). The third-order valence-electron chi connectivity index (χ3n) is 3.12. The Balaban J connectivity index is 2.08. The highest BCUT2D eigenvalue weighted by Gasteiger charge is 2.23. The molecule has 2 nitrogen and oxygen atoms in total. The van der Waals surface area contributed by atoms with Crippen LogP contribution in [0, 0.1) is 12.8 Å². The van der Waals surface area contributed by atoms with Crippen molar-refractivity contribution in [3.8, 4) is 0 Å². The lowest BCUT2D eigenvalue weighted by atomic mass is 10.1. The number of rotatable bonds is 3. The Bertz CT molecular complexity index is 368. The van der Waals surface area contributed by atoms with Crippen LogP contribution >= 0.6 is 31.9 Å². The van der Waals surface area contributed by atoms with Crippen molar-refractivity contribution in [3.63, 3.8) is 0 Å². The lowest BCUT2D eigenvalue weighted by Crippen LogP contribution is -2.21. The van der Waals surface area contributed by atoms with Gasteiger partial charge in [0.15, 0.2) is 0 Å². The Morgan fingerprint density at radius 1 is 1.56 bits per heavy atom. The molecule has 0 amide bonds. The molecule has 88 valence electrons. The first-order valence-electron chi connectivity index (χ1n) is 5.63. The van der Waals surface area contributed by atoms with Crippen LogP contribution < -0.4 is 4.90 Å². The van der Waals surface area contributed by atoms with Crippen LogP contribution in [0.1, 0.15) is 18.4 Å². The van der Waals surface area contributed by atoms with Crippen LogP contribution in [-0.2, 0) is 0 Å². The van der Waals surface area contributed by atoms with E-state index in [1.807, 2.05) is 6.20 Å². The minimum Gasteiger partial charge on any atom is -0.356 e. The summed E-state index contributed by atoms with van der Waals surface area (Å²) >= 11 is 6.97. The molecule has 1 aliphatic rings. The summed E-state index contributed by atoms with van der Waals surface area (Å²) in [5, 5.41) is 1.11. The Kier molecular flexibility index (Phi) is 4.25. The Morgan fingerprint density at radius 2 is 2.38 bits per heavy atom. The van der Waals surface area contributed by atoms with Gasteiger partial charge in [-0.2, -0.15) is 0 Å². The molecule has 1 saturated heterocycles. The standard InChI is InChI=1S/C12H16Br2N2/c1-9-6-11(14)7-15-12(9)16-5-3-10(8-16)2-4-13/h6-7,10H,2-5,8H2,1H3. The maximum absolute atomic E-state index is 4.52. The van der Waals surface area contributed by atoms with Gasteiger partial charge in [-0.15, -0.1) is 0 Å². The third kappa shape index (κ3) is 2.77. The molecule has 2 heterocycles. The third-order valence-corrected chi connectivity index (χ3v) is 4.01. The first kappa shape index (κ1) is 12.4. The molecule has 1 aromatic heterocycles. The average Bonchev–Trinajstić information content (AvgIpc) is 2.67. The van der Waals surface area contributed by atoms with E-state index in [9.17, 15) is 0 Å². The minimum absolute atomic E-state index is 0.823. The normalized spacial score (nSPS) is 20.4. The quantitative estimate of drug-likeness (QED) is 0.774. The SMILES string of the molecule is Cc1cc(Br)cnc1N1CCC(CCBr)C1. The molecule has 1 aliphatic heterocycles. The summed E-state index contributed by atoms with van der Waals surface area (Å²) in [6, 6.07) is 2.14. The molecule has 0 aliphatic carbocycles. The molecule has 1 atom stereocenters. The van der Waals surface area contributed by atoms with Crippen molar-refractivity contribution in [1.82, 2.24) is 4.98 Å². The summed E-state index contributed by atoms with van der Waals surface area (Å²) in [4.78, 5) is 6.93. The lowest BCUT2D eigenvalue weighted by molar-refractivity contribution is 0.575. The molecule has 0 spiro atoms. The average molecular weight is 348 g/mol. The number of aromatic nitrogens is 1. The molecule has 0 N–H and O–H groups in total. The summed E-state index contributed by atoms with van der Waals surface area (Å²) in [7, 11) is 0. The van der Waals surface area contributed by atoms with Gasteiger partial charge in [0.1, 0.15) is 5.82 Å². The zero-order chi connectivity index (χ0) is 11.5. The van der Waals surface area contributed by atoms with E-state index in [2.05, 4.69) is 54.7 Å². The van der Waals surface area contributed by atoms with Crippen LogP contribution in [0.3, 0.4) is 0 Å². The van der Waals surface area contributed by atoms with Crippen LogP contribution in [0.15, 0.2) is 16.7 Å². The van der Waals surface area contributed by atoms with Gasteiger partial charge in [-0.3, -0.25) is 0 Å². The number of anilines is 1. The summed E-state index contributed by atoms with van der Waals surface area (Å²) in [5.41, 5.74) is 1.26. The minimum atomic E-state index is 0.823. The van der Waals surface area contributed by atoms with Crippen molar-refractivity contribution < 1.29 is 0 Å². The van der Waals surface area contributed by atoms with Crippen molar-refractivity contribution in [3.05, 3.63) is 22.3 Å². The molecule has 0 bridgehead atoms. The number of aryl methyl sites for hydroxylation is 1. The van der Waals surface area contributed by atoms with Gasteiger partial charge >= 0.3 is 0 Å². The fourth-order valence-electron chi connectivity index (χ4n) is 2.28. The van der Waals surface area contributed by atoms with Gasteiger partial charge in [0.05, 0.1) is 0 Å². The summed E-state index contributed by atoms with van der Waals surface area (Å²) in [5.74, 6) is 1.98. The van der Waals surface area contributed by atoms with E-state index in [-0.39, 0.29) is 0 Å². The monoisotopic (exact) mass is 346 g/mol. The number of alkyl halides is 1. The highest BCUT2D eigenvalue weighted by Crippen LogP contribution is 2.28. The van der Waals surface area contributed by atoms with Crippen molar-refractivity contribution >= 4 is 37.7 Å². The molecular weight excluding hydrogens is 332 g/mol. The van der Waals surface area contributed by atoms with Crippen LogP contribution in [0.25, 0.3) is 0 Å². The topological polar surface area (TPSA) is 16.1 Å². The molecule has 1 unspecified atom stereocenters. The molecule has 4 heteroatoms. The molecule has 0 saturated carbocycles. The fourth-order valence-corrected chi connectivity index (χ4v) is 3.37. The molecule has 1 fully saturated rings. The van der Waals surface area contributed by atoms with Gasteiger partial charge in [0.25, 0.3) is 0 Å². The highest BCUT2D eigenvalue weighted by atomic mass is 79.9. The Labute approximate surface area is 114 Å². The first-order valence-corrected chi connectivity index (χ1v) is 7.55. The molecular formula is C12H16Br2N2. The lowest BCUT2D eigenvalue weighted by Gasteiger charge is -2.19. The van der Waals surface area contributed by atoms with Gasteiger partial charge in [-0.1, -0.05) is 15.9 Å². The molecule has 16 heavy (non-hydrogen) atoms. The highest BCUT2D eigenvalue weighted by molar-refractivity contribution is 9.10. The maximum atomic E-state index is 4.52. The van der Waals surface area contributed by atoms with Crippen LogP contribution in [-0.4, -0.2) is 23.4 Å². The van der Waals surface area contributed by atoms with E-state index in [1.165, 1.54) is 18.4 Å². The summed E-state index contributed by atoms with van der Waals surface area (Å²) in [6.45, 7) is 4.43. The Morgan fingerprint density at radius 3 is 3.06 bits per heavy atom. The number of pyridine rings is 1. The van der Waals surface area contributed by atoms with Crippen LogP contribution in [0.5, 0.6) is 0 Å². The van der Waals surface area contributed by atoms with E-state index < -0.39 is 0 Å². The zero-order valence-electron chi connectivity index (χ0n) is 9.42. The number of nitrogens with zero attached hydrogens (tertiary/aromatic N) is 2. The second-order valence-corrected chi connectivity index (χ2v) is 6.08. The summed E-state index contributed by atoms with van der Waals surface area (Å²) < 4.78 is 1.06. The zero-order valence-corrected chi connectivity index (χ0v) is 12.6. The van der Waals surface area contributed by atoms with E-state index in [0.717, 1.165) is 34.6 Å². The fraction of sp³-hybridized carbons (Fsp3) is 0.583. The second-order valence-electron chi connectivity index (χ2n) is 4.37. The predicted molar refractivity (Wildman–Crippen MR) is 75.4 cm³/mol. The maximum Gasteiger partial charge on any atom is 0.131 e. The van der Waals surface area contributed by atoms with E-state index in [0.29, 0.717) is 0 Å². The van der Waals surface area contributed by atoms with Gasteiger partial charge in [-0.05, 0) is 53.2 Å². The van der Waals surface area contributed by atoms with Gasteiger partial charge in [-0.25, -0.2) is 4.98 Å².